The van der Waals surface area contributed by atoms with Gasteiger partial charge in [-0.2, -0.15) is 0 Å². The summed E-state index contributed by atoms with van der Waals surface area (Å²) in [6.07, 6.45) is -1.11. The molecule has 2 N–H and O–H groups in total. The highest BCUT2D eigenvalue weighted by molar-refractivity contribution is 6.01. The highest BCUT2D eigenvalue weighted by Gasteiger charge is 2.23. The van der Waals surface area contributed by atoms with Crippen molar-refractivity contribution < 1.29 is 28.4 Å². The van der Waals surface area contributed by atoms with Gasteiger partial charge in [-0.3, -0.25) is 30.6 Å². The third-order valence-corrected chi connectivity index (χ3v) is 4.60. The number of benzene rings is 2. The fraction of sp³-hybridized carbons (Fsp3) is 0.300. The third-order valence-electron chi connectivity index (χ3n) is 4.60. The average molecular weight is 432 g/mol. The van der Waals surface area contributed by atoms with E-state index in [9.17, 15) is 24.1 Å². The smallest absolute Gasteiger partial charge is 0.279 e. The van der Waals surface area contributed by atoms with Crippen molar-refractivity contribution in [3.8, 4) is 5.75 Å². The Bertz CT molecular complexity index is 980. The maximum atomic E-state index is 13.7. The molecule has 1 atom stereocenters. The van der Waals surface area contributed by atoms with Crippen molar-refractivity contribution in [1.82, 2.24) is 10.9 Å². The number of halogens is 1. The van der Waals surface area contributed by atoms with E-state index in [1.807, 2.05) is 4.90 Å². The van der Waals surface area contributed by atoms with Crippen LogP contribution in [0.3, 0.4) is 0 Å². The van der Waals surface area contributed by atoms with E-state index in [1.165, 1.54) is 37.3 Å². The van der Waals surface area contributed by atoms with E-state index in [4.69, 9.17) is 9.47 Å². The first-order valence-corrected chi connectivity index (χ1v) is 9.49. The van der Waals surface area contributed by atoms with E-state index in [-0.39, 0.29) is 17.0 Å². The molecule has 1 aliphatic heterocycles. The predicted molar refractivity (Wildman–Crippen MR) is 108 cm³/mol. The van der Waals surface area contributed by atoms with Crippen molar-refractivity contribution in [3.63, 3.8) is 0 Å². The monoisotopic (exact) mass is 432 g/mol. The minimum atomic E-state index is -1.11. The van der Waals surface area contributed by atoms with E-state index in [0.717, 1.165) is 6.07 Å². The van der Waals surface area contributed by atoms with Crippen LogP contribution in [0, 0.1) is 15.9 Å². The van der Waals surface area contributed by atoms with Gasteiger partial charge in [0.2, 0.25) is 0 Å². The first kappa shape index (κ1) is 22.0. The summed E-state index contributed by atoms with van der Waals surface area (Å²) >= 11 is 0. The van der Waals surface area contributed by atoms with Gasteiger partial charge in [0, 0.05) is 25.2 Å². The minimum absolute atomic E-state index is 0.0269. The average Bonchev–Trinajstić information content (AvgIpc) is 2.78. The lowest BCUT2D eigenvalue weighted by Crippen LogP contribution is -2.47. The summed E-state index contributed by atoms with van der Waals surface area (Å²) in [6.45, 7) is 3.33. The molecule has 10 nitrogen and oxygen atoms in total. The topological polar surface area (TPSA) is 123 Å². The van der Waals surface area contributed by atoms with Crippen LogP contribution in [0.2, 0.25) is 0 Å². The molecular weight excluding hydrogens is 411 g/mol. The first-order valence-electron chi connectivity index (χ1n) is 9.49. The van der Waals surface area contributed by atoms with Crippen LogP contribution in [-0.2, 0) is 9.53 Å². The van der Waals surface area contributed by atoms with Gasteiger partial charge in [0.25, 0.3) is 17.5 Å². The number of hydrogen-bond acceptors (Lipinski definition) is 7. The normalized spacial score (nSPS) is 14.5. The van der Waals surface area contributed by atoms with Gasteiger partial charge in [-0.15, -0.1) is 0 Å². The Hall–Kier alpha value is -3.73. The molecule has 3 rings (SSSR count). The van der Waals surface area contributed by atoms with Crippen LogP contribution >= 0.6 is 0 Å². The zero-order valence-corrected chi connectivity index (χ0v) is 16.7. The number of nitro benzene ring substituents is 1. The number of non-ortho nitro benzene ring substituents is 1. The van der Waals surface area contributed by atoms with Crippen molar-refractivity contribution in [2.75, 3.05) is 31.2 Å². The number of nitrogens with zero attached hydrogens (tertiary/aromatic N) is 2. The number of ether oxygens (including phenoxy) is 2. The molecule has 2 amide bonds. The van der Waals surface area contributed by atoms with Gasteiger partial charge in [-0.1, -0.05) is 12.1 Å². The molecule has 164 valence electrons. The summed E-state index contributed by atoms with van der Waals surface area (Å²) in [7, 11) is 0. The van der Waals surface area contributed by atoms with Crippen LogP contribution < -0.4 is 20.5 Å². The van der Waals surface area contributed by atoms with Crippen molar-refractivity contribution in [3.05, 3.63) is 64.0 Å². The number of amides is 2. The minimum Gasteiger partial charge on any atom is -0.478 e. The van der Waals surface area contributed by atoms with Crippen molar-refractivity contribution in [2.24, 2.45) is 0 Å². The highest BCUT2D eigenvalue weighted by atomic mass is 19.1. The Kier molecular flexibility index (Phi) is 6.98. The molecule has 2 aromatic carbocycles. The number of nitro groups is 1. The van der Waals surface area contributed by atoms with Gasteiger partial charge in [0.15, 0.2) is 17.7 Å². The standard InChI is InChI=1S/C20H21FN4O6/c1-13(31-18-5-3-2-4-16(18)21)19(26)22-23-20(27)15-12-14(25(28)29)6-7-17(15)24-8-10-30-11-9-24/h2-7,12-13H,8-11H2,1H3,(H,22,26)(H,23,27). The van der Waals surface area contributed by atoms with E-state index < -0.39 is 28.7 Å². The SMILES string of the molecule is CC(Oc1ccccc1F)C(=O)NNC(=O)c1cc([N+](=O)[O-])ccc1N1CCOCC1. The van der Waals surface area contributed by atoms with Crippen molar-refractivity contribution in [2.45, 2.75) is 13.0 Å². The second kappa shape index (κ2) is 9.85. The Morgan fingerprint density at radius 2 is 1.90 bits per heavy atom. The Morgan fingerprint density at radius 3 is 2.58 bits per heavy atom. The van der Waals surface area contributed by atoms with Crippen LogP contribution in [-0.4, -0.2) is 49.1 Å². The van der Waals surface area contributed by atoms with Crippen molar-refractivity contribution >= 4 is 23.2 Å². The molecule has 2 aromatic rings. The van der Waals surface area contributed by atoms with Crippen LogP contribution in [0.25, 0.3) is 0 Å². The van der Waals surface area contributed by atoms with Gasteiger partial charge in [-0.05, 0) is 25.1 Å². The Morgan fingerprint density at radius 1 is 1.19 bits per heavy atom. The maximum Gasteiger partial charge on any atom is 0.279 e. The number of nitrogens with one attached hydrogen (secondary N) is 2. The quantitative estimate of drug-likeness (QED) is 0.527. The summed E-state index contributed by atoms with van der Waals surface area (Å²) in [5, 5.41) is 11.1. The molecule has 1 heterocycles. The molecule has 0 aromatic heterocycles. The number of rotatable bonds is 6. The van der Waals surface area contributed by atoms with E-state index in [0.29, 0.717) is 32.0 Å². The molecule has 0 radical (unpaired) electrons. The molecule has 0 saturated carbocycles. The fourth-order valence-corrected chi connectivity index (χ4v) is 2.97. The van der Waals surface area contributed by atoms with Crippen LogP contribution in [0.15, 0.2) is 42.5 Å². The third kappa shape index (κ3) is 5.45. The second-order valence-electron chi connectivity index (χ2n) is 6.69. The first-order chi connectivity index (χ1) is 14.9. The van der Waals surface area contributed by atoms with Gasteiger partial charge < -0.3 is 14.4 Å². The number of carbonyl (C=O) groups is 2. The summed E-state index contributed by atoms with van der Waals surface area (Å²) in [4.78, 5) is 37.4. The van der Waals surface area contributed by atoms with E-state index in [1.54, 1.807) is 6.07 Å². The lowest BCUT2D eigenvalue weighted by atomic mass is 10.1. The summed E-state index contributed by atoms with van der Waals surface area (Å²) in [5.41, 5.74) is 4.68. The molecule has 1 saturated heterocycles. The summed E-state index contributed by atoms with van der Waals surface area (Å²) in [5.74, 6) is -2.20. The Labute approximate surface area is 177 Å². The fourth-order valence-electron chi connectivity index (χ4n) is 2.97. The van der Waals surface area contributed by atoms with E-state index >= 15 is 0 Å². The Balaban J connectivity index is 1.70. The van der Waals surface area contributed by atoms with Crippen LogP contribution in [0.5, 0.6) is 5.75 Å². The van der Waals surface area contributed by atoms with Gasteiger partial charge in [-0.25, -0.2) is 4.39 Å². The number of anilines is 1. The van der Waals surface area contributed by atoms with Gasteiger partial charge in [0.1, 0.15) is 0 Å². The molecule has 1 aliphatic rings. The molecule has 0 aliphatic carbocycles. The largest absolute Gasteiger partial charge is 0.478 e. The van der Waals surface area contributed by atoms with Gasteiger partial charge >= 0.3 is 0 Å². The molecule has 0 spiro atoms. The summed E-state index contributed by atoms with van der Waals surface area (Å²) < 4.78 is 24.2. The number of hydrogen-bond donors (Lipinski definition) is 2. The molecule has 0 bridgehead atoms. The lowest BCUT2D eigenvalue weighted by molar-refractivity contribution is -0.384. The maximum absolute atomic E-state index is 13.7. The number of carbonyl (C=O) groups excluding carboxylic acids is 2. The predicted octanol–water partition coefficient (Wildman–Crippen LogP) is 1.80. The number of para-hydroxylation sites is 1. The number of morpholine rings is 1. The van der Waals surface area contributed by atoms with Crippen molar-refractivity contribution in [1.29, 1.82) is 0 Å². The zero-order chi connectivity index (χ0) is 22.4. The molecule has 11 heteroatoms. The van der Waals surface area contributed by atoms with E-state index in [2.05, 4.69) is 10.9 Å². The van der Waals surface area contributed by atoms with Crippen LogP contribution in [0.1, 0.15) is 17.3 Å². The molecule has 31 heavy (non-hydrogen) atoms. The number of hydrazine groups is 1. The molecular formula is C20H21FN4O6. The summed E-state index contributed by atoms with van der Waals surface area (Å²) in [6, 6.07) is 9.55. The lowest BCUT2D eigenvalue weighted by Gasteiger charge is -2.30. The van der Waals surface area contributed by atoms with Crippen LogP contribution in [0.4, 0.5) is 15.8 Å². The molecule has 1 fully saturated rings. The zero-order valence-electron chi connectivity index (χ0n) is 16.7. The van der Waals surface area contributed by atoms with Gasteiger partial charge in [0.05, 0.1) is 29.4 Å². The molecule has 1 unspecified atom stereocenters. The second-order valence-corrected chi connectivity index (χ2v) is 6.69. The highest BCUT2D eigenvalue weighted by Crippen LogP contribution is 2.26.